The Morgan fingerprint density at radius 3 is 2.50 bits per heavy atom. The smallest absolute Gasteiger partial charge is 0.330 e. The summed E-state index contributed by atoms with van der Waals surface area (Å²) in [6.45, 7) is -0.369. The Labute approximate surface area is 146 Å². The van der Waals surface area contributed by atoms with E-state index in [0.29, 0.717) is 0 Å². The zero-order chi connectivity index (χ0) is 18.3. The number of fused-ring (bicyclic) bond motifs is 2. The molecule has 0 saturated heterocycles. The number of amides is 1. The first-order chi connectivity index (χ1) is 12.5. The molecule has 1 aliphatic rings. The van der Waals surface area contributed by atoms with Crippen molar-refractivity contribution in [2.75, 3.05) is 0 Å². The fourth-order valence-corrected chi connectivity index (χ4v) is 3.33. The second kappa shape index (κ2) is 5.80. The standard InChI is InChI=1S/C17H15N5O4/c23-14(9-21-15(24)13-5-6-18-22(13)10-19-21)20-17(16(25)26)7-11-3-1-2-4-12(11)8-17/h1-6,10H,7-9H2,(H,20,23)(H,25,26). The zero-order valence-electron chi connectivity index (χ0n) is 13.6. The summed E-state index contributed by atoms with van der Waals surface area (Å²) in [5.74, 6) is -1.69. The van der Waals surface area contributed by atoms with Crippen molar-refractivity contribution in [1.82, 2.24) is 24.7 Å². The predicted molar refractivity (Wildman–Crippen MR) is 89.6 cm³/mol. The molecule has 2 aromatic heterocycles. The Balaban J connectivity index is 1.57. The number of nitrogens with one attached hydrogen (secondary N) is 1. The number of carboxylic acids is 1. The second-order valence-electron chi connectivity index (χ2n) is 6.31. The van der Waals surface area contributed by atoms with Crippen LogP contribution in [-0.2, 0) is 29.0 Å². The molecule has 132 valence electrons. The van der Waals surface area contributed by atoms with Crippen LogP contribution in [0.1, 0.15) is 11.1 Å². The number of aromatic nitrogens is 4. The van der Waals surface area contributed by atoms with Gasteiger partial charge in [-0.2, -0.15) is 10.2 Å². The molecule has 0 fully saturated rings. The lowest BCUT2D eigenvalue weighted by molar-refractivity contribution is -0.147. The monoisotopic (exact) mass is 353 g/mol. The van der Waals surface area contributed by atoms with Crippen molar-refractivity contribution in [3.63, 3.8) is 0 Å². The molecule has 2 heterocycles. The average molecular weight is 353 g/mol. The molecule has 26 heavy (non-hydrogen) atoms. The van der Waals surface area contributed by atoms with Gasteiger partial charge in [0, 0.05) is 12.8 Å². The number of benzene rings is 1. The summed E-state index contributed by atoms with van der Waals surface area (Å²) in [6, 6.07) is 8.90. The number of rotatable bonds is 4. The van der Waals surface area contributed by atoms with E-state index in [1.165, 1.54) is 23.1 Å². The SMILES string of the molecule is O=C(Cn1ncn2nccc2c1=O)NC1(C(=O)O)Cc2ccccc2C1. The summed E-state index contributed by atoms with van der Waals surface area (Å²) in [5.41, 5.74) is 0.191. The second-order valence-corrected chi connectivity index (χ2v) is 6.31. The lowest BCUT2D eigenvalue weighted by Crippen LogP contribution is -2.56. The van der Waals surface area contributed by atoms with E-state index in [1.807, 2.05) is 24.3 Å². The highest BCUT2D eigenvalue weighted by atomic mass is 16.4. The zero-order valence-corrected chi connectivity index (χ0v) is 13.6. The first-order valence-electron chi connectivity index (χ1n) is 7.99. The maximum absolute atomic E-state index is 12.5. The van der Waals surface area contributed by atoms with Gasteiger partial charge in [0.05, 0.1) is 6.20 Å². The molecule has 0 spiro atoms. The van der Waals surface area contributed by atoms with Gasteiger partial charge in [-0.3, -0.25) is 9.59 Å². The molecule has 9 heteroatoms. The summed E-state index contributed by atoms with van der Waals surface area (Å²) in [7, 11) is 0. The van der Waals surface area contributed by atoms with E-state index in [1.54, 1.807) is 0 Å². The molecule has 9 nitrogen and oxygen atoms in total. The number of nitrogens with zero attached hydrogens (tertiary/aromatic N) is 4. The van der Waals surface area contributed by atoms with Crippen molar-refractivity contribution in [2.45, 2.75) is 24.9 Å². The summed E-state index contributed by atoms with van der Waals surface area (Å²) >= 11 is 0. The van der Waals surface area contributed by atoms with Gasteiger partial charge in [0.2, 0.25) is 5.91 Å². The van der Waals surface area contributed by atoms with Gasteiger partial charge in [-0.1, -0.05) is 24.3 Å². The van der Waals surface area contributed by atoms with Crippen LogP contribution in [0.15, 0.2) is 47.7 Å². The van der Waals surface area contributed by atoms with Gasteiger partial charge in [0.15, 0.2) is 0 Å². The van der Waals surface area contributed by atoms with Crippen LogP contribution in [0.4, 0.5) is 0 Å². The minimum Gasteiger partial charge on any atom is -0.479 e. The lowest BCUT2D eigenvalue weighted by Gasteiger charge is -2.25. The third-order valence-corrected chi connectivity index (χ3v) is 4.61. The highest BCUT2D eigenvalue weighted by molar-refractivity contribution is 5.88. The third-order valence-electron chi connectivity index (χ3n) is 4.61. The third kappa shape index (κ3) is 2.53. The maximum Gasteiger partial charge on any atom is 0.330 e. The predicted octanol–water partition coefficient (Wildman–Crippen LogP) is -0.371. The Morgan fingerprint density at radius 1 is 1.15 bits per heavy atom. The first kappa shape index (κ1) is 16.0. The van der Waals surface area contributed by atoms with Gasteiger partial charge in [0.1, 0.15) is 23.9 Å². The Morgan fingerprint density at radius 2 is 1.85 bits per heavy atom. The summed E-state index contributed by atoms with van der Waals surface area (Å²) < 4.78 is 2.30. The van der Waals surface area contributed by atoms with Gasteiger partial charge in [-0.05, 0) is 17.2 Å². The summed E-state index contributed by atoms with van der Waals surface area (Å²) in [6.07, 6.45) is 3.18. The Kier molecular flexibility index (Phi) is 3.57. The number of carboxylic acid groups (broad SMARTS) is 1. The molecule has 1 aliphatic carbocycles. The highest BCUT2D eigenvalue weighted by Gasteiger charge is 2.45. The van der Waals surface area contributed by atoms with Gasteiger partial charge in [-0.15, -0.1) is 0 Å². The number of carbonyl (C=O) groups is 2. The maximum atomic E-state index is 12.5. The molecule has 3 aromatic rings. The van der Waals surface area contributed by atoms with Gasteiger partial charge in [0.25, 0.3) is 5.56 Å². The molecule has 4 rings (SSSR count). The van der Waals surface area contributed by atoms with E-state index in [-0.39, 0.29) is 24.9 Å². The van der Waals surface area contributed by atoms with Crippen LogP contribution in [0.5, 0.6) is 0 Å². The molecule has 1 amide bonds. The van der Waals surface area contributed by atoms with E-state index in [9.17, 15) is 19.5 Å². The van der Waals surface area contributed by atoms with E-state index < -0.39 is 23.0 Å². The van der Waals surface area contributed by atoms with Crippen molar-refractivity contribution in [3.8, 4) is 0 Å². The topological polar surface area (TPSA) is 119 Å². The molecule has 0 bridgehead atoms. The van der Waals surface area contributed by atoms with Crippen molar-refractivity contribution in [1.29, 1.82) is 0 Å². The molecule has 0 atom stereocenters. The fraction of sp³-hybridized carbons (Fsp3) is 0.235. The van der Waals surface area contributed by atoms with E-state index in [0.717, 1.165) is 15.8 Å². The molecule has 0 aliphatic heterocycles. The molecule has 1 aromatic carbocycles. The van der Waals surface area contributed by atoms with Crippen LogP contribution in [0.25, 0.3) is 5.52 Å². The highest BCUT2D eigenvalue weighted by Crippen LogP contribution is 2.30. The molecular formula is C17H15N5O4. The first-order valence-corrected chi connectivity index (χ1v) is 7.99. The average Bonchev–Trinajstić information content (AvgIpc) is 3.22. The largest absolute Gasteiger partial charge is 0.479 e. The van der Waals surface area contributed by atoms with Crippen LogP contribution in [0, 0.1) is 0 Å². The summed E-state index contributed by atoms with van der Waals surface area (Å²) in [4.78, 5) is 36.6. The van der Waals surface area contributed by atoms with E-state index in [4.69, 9.17) is 0 Å². The van der Waals surface area contributed by atoms with Crippen LogP contribution in [0.3, 0.4) is 0 Å². The number of carbonyl (C=O) groups excluding carboxylic acids is 1. The minimum absolute atomic E-state index is 0.203. The quantitative estimate of drug-likeness (QED) is 0.661. The fourth-order valence-electron chi connectivity index (χ4n) is 3.33. The van der Waals surface area contributed by atoms with Crippen LogP contribution >= 0.6 is 0 Å². The number of hydrogen-bond donors (Lipinski definition) is 2. The number of hydrogen-bond acceptors (Lipinski definition) is 5. The normalized spacial score (nSPS) is 14.9. The van der Waals surface area contributed by atoms with Crippen LogP contribution < -0.4 is 10.9 Å². The van der Waals surface area contributed by atoms with Gasteiger partial charge >= 0.3 is 5.97 Å². The van der Waals surface area contributed by atoms with Crippen molar-refractivity contribution >= 4 is 17.4 Å². The molecule has 2 N–H and O–H groups in total. The molecule has 0 saturated carbocycles. The van der Waals surface area contributed by atoms with Crippen molar-refractivity contribution in [3.05, 3.63) is 64.3 Å². The molecule has 0 radical (unpaired) electrons. The van der Waals surface area contributed by atoms with Crippen molar-refractivity contribution in [2.24, 2.45) is 0 Å². The number of aliphatic carboxylic acids is 1. The minimum atomic E-state index is -1.41. The lowest BCUT2D eigenvalue weighted by atomic mass is 9.95. The van der Waals surface area contributed by atoms with E-state index in [2.05, 4.69) is 15.5 Å². The van der Waals surface area contributed by atoms with Crippen LogP contribution in [0.2, 0.25) is 0 Å². The van der Waals surface area contributed by atoms with E-state index >= 15 is 0 Å². The van der Waals surface area contributed by atoms with Crippen LogP contribution in [-0.4, -0.2) is 41.9 Å². The molecular weight excluding hydrogens is 338 g/mol. The van der Waals surface area contributed by atoms with Gasteiger partial charge < -0.3 is 10.4 Å². The van der Waals surface area contributed by atoms with Crippen molar-refractivity contribution < 1.29 is 14.7 Å². The Bertz CT molecular complexity index is 1060. The molecule has 0 unspecified atom stereocenters. The summed E-state index contributed by atoms with van der Waals surface area (Å²) in [5, 5.41) is 20.1. The Hall–Kier alpha value is -3.49. The van der Waals surface area contributed by atoms with Gasteiger partial charge in [-0.25, -0.2) is 14.0 Å².